The predicted octanol–water partition coefficient (Wildman–Crippen LogP) is 6.98. The minimum absolute atomic E-state index is 0.0404. The van der Waals surface area contributed by atoms with Crippen LogP contribution in [-0.2, 0) is 23.2 Å². The van der Waals surface area contributed by atoms with Crippen LogP contribution in [0.3, 0.4) is 0 Å². The fraction of sp³-hybridized carbons (Fsp3) is 0.490. The largest absolute Gasteiger partial charge is 0.477 e. The van der Waals surface area contributed by atoms with Crippen LogP contribution in [-0.4, -0.2) is 109 Å². The summed E-state index contributed by atoms with van der Waals surface area (Å²) < 4.78 is 40.7. The van der Waals surface area contributed by atoms with Crippen LogP contribution in [0.1, 0.15) is 110 Å². The summed E-state index contributed by atoms with van der Waals surface area (Å²) >= 11 is 0. The number of aryl methyl sites for hydroxylation is 2. The van der Waals surface area contributed by atoms with E-state index in [1.54, 1.807) is 23.0 Å². The smallest absolute Gasteiger partial charge is 0.258 e. The average molecular weight is 905 g/mol. The Kier molecular flexibility index (Phi) is 12.6. The molecular formula is C49H58F2N10O5. The molecule has 4 aliphatic heterocycles. The van der Waals surface area contributed by atoms with Crippen LogP contribution in [0.2, 0.25) is 0 Å². The summed E-state index contributed by atoms with van der Waals surface area (Å²) in [4.78, 5) is 68.6. The average Bonchev–Trinajstić information content (AvgIpc) is 3.83. The van der Waals surface area contributed by atoms with Crippen LogP contribution in [0.15, 0.2) is 48.7 Å². The number of aromatic nitrogens is 5. The van der Waals surface area contributed by atoms with E-state index in [1.807, 2.05) is 46.5 Å². The standard InChI is InChI=1S/C49H58F2N10O5/c1-28(2)61(34-14-18-58(19-15-34)33-12-16-59(17-13-33)35-24-38(50)44(39(51)25-35)36-9-11-43(62)55-46(36)64)47(65)31-8-10-40-42(23-31)60-27-29(3)7-6-20-66-48-37(26-52-57(48)5)41-22-32(21-30(4)53-41)45(63)56-49(60)54-40/h8,10,21-26,28-29,33-34,36H,6-7,9,11-20,27H2,1-5H3,(H,54,56,63)(H,55,62,64)/t29-,36-/m1/s1. The minimum Gasteiger partial charge on any atom is -0.477 e. The van der Waals surface area contributed by atoms with Crippen molar-refractivity contribution in [2.75, 3.05) is 43.0 Å². The molecule has 4 aliphatic rings. The molecular weight excluding hydrogens is 847 g/mol. The van der Waals surface area contributed by atoms with E-state index in [2.05, 4.69) is 41.4 Å². The molecule has 17 heteroatoms. The van der Waals surface area contributed by atoms with Crippen LogP contribution < -0.4 is 20.3 Å². The van der Waals surface area contributed by atoms with Crippen molar-refractivity contribution < 1.29 is 32.7 Å². The number of pyridine rings is 1. The number of carbonyl (C=O) groups is 4. The van der Waals surface area contributed by atoms with Gasteiger partial charge in [-0.25, -0.2) is 18.4 Å². The SMILES string of the molecule is Cc1cc2cc(n1)-c1cnn(C)c1OCCC[C@@H](C)Cn1c(nc3ccc(C(=O)N(C(C)C)C4CCN(C5CCN(c6cc(F)c([C@H]7CCC(=O)NC7=O)c(F)c6)CC5)CC4)cc31)NC2=O. The van der Waals surface area contributed by atoms with Crippen molar-refractivity contribution in [3.63, 3.8) is 0 Å². The molecule has 3 fully saturated rings. The van der Waals surface area contributed by atoms with Crippen molar-refractivity contribution in [3.05, 3.63) is 82.7 Å². The van der Waals surface area contributed by atoms with E-state index in [4.69, 9.17) is 14.7 Å². The lowest BCUT2D eigenvalue weighted by molar-refractivity contribution is -0.134. The van der Waals surface area contributed by atoms with Gasteiger partial charge in [-0.15, -0.1) is 0 Å². The van der Waals surface area contributed by atoms with Crippen LogP contribution in [0.25, 0.3) is 22.3 Å². The van der Waals surface area contributed by atoms with E-state index in [1.165, 1.54) is 12.1 Å². The summed E-state index contributed by atoms with van der Waals surface area (Å²) in [5.74, 6) is -2.83. The molecule has 9 rings (SSSR count). The summed E-state index contributed by atoms with van der Waals surface area (Å²) in [6.07, 6.45) is 6.77. The molecule has 2 bridgehead atoms. The zero-order chi connectivity index (χ0) is 46.4. The van der Waals surface area contributed by atoms with Crippen molar-refractivity contribution in [2.24, 2.45) is 13.0 Å². The van der Waals surface area contributed by atoms with Crippen LogP contribution in [0.4, 0.5) is 20.4 Å². The highest BCUT2D eigenvalue weighted by atomic mass is 19.1. The van der Waals surface area contributed by atoms with Crippen molar-refractivity contribution in [1.29, 1.82) is 0 Å². The Labute approximate surface area is 382 Å². The number of nitrogens with zero attached hydrogens (tertiary/aromatic N) is 8. The molecule has 348 valence electrons. The molecule has 0 radical (unpaired) electrons. The monoisotopic (exact) mass is 904 g/mol. The molecule has 2 aromatic carbocycles. The number of carbonyl (C=O) groups excluding carboxylic acids is 4. The number of imide groups is 1. The number of anilines is 2. The van der Waals surface area contributed by atoms with Gasteiger partial charge in [-0.1, -0.05) is 6.92 Å². The Bertz CT molecular complexity index is 2660. The third-order valence-electron chi connectivity index (χ3n) is 13.9. The van der Waals surface area contributed by atoms with Crippen LogP contribution in [0.5, 0.6) is 5.88 Å². The van der Waals surface area contributed by atoms with Gasteiger partial charge in [0.25, 0.3) is 11.8 Å². The van der Waals surface area contributed by atoms with Gasteiger partial charge in [0.05, 0.1) is 41.0 Å². The van der Waals surface area contributed by atoms with Crippen molar-refractivity contribution in [2.45, 2.75) is 110 Å². The number of hydrogen-bond donors (Lipinski definition) is 2. The number of ether oxygens (including phenoxy) is 1. The van der Waals surface area contributed by atoms with Gasteiger partial charge in [0.1, 0.15) is 11.6 Å². The number of fused-ring (bicyclic) bond motifs is 7. The molecule has 5 aromatic rings. The summed E-state index contributed by atoms with van der Waals surface area (Å²) in [6, 6.07) is 12.0. The highest BCUT2D eigenvalue weighted by molar-refractivity contribution is 6.05. The summed E-state index contributed by atoms with van der Waals surface area (Å²) in [7, 11) is 1.83. The van der Waals surface area contributed by atoms with Gasteiger partial charge < -0.3 is 24.0 Å². The summed E-state index contributed by atoms with van der Waals surface area (Å²) in [5, 5.41) is 9.69. The Morgan fingerprint density at radius 2 is 1.65 bits per heavy atom. The van der Waals surface area contributed by atoms with Crippen LogP contribution in [0, 0.1) is 24.5 Å². The number of imidazole rings is 1. The first-order chi connectivity index (χ1) is 31.7. The Balaban J connectivity index is 0.874. The molecule has 7 heterocycles. The number of nitrogens with one attached hydrogen (secondary N) is 2. The molecule has 3 saturated heterocycles. The number of hydrogen-bond acceptors (Lipinski definition) is 10. The van der Waals surface area contributed by atoms with E-state index in [-0.39, 0.29) is 48.2 Å². The highest BCUT2D eigenvalue weighted by Gasteiger charge is 2.36. The van der Waals surface area contributed by atoms with E-state index in [0.29, 0.717) is 77.8 Å². The molecule has 3 aromatic heterocycles. The number of piperidine rings is 3. The fourth-order valence-corrected chi connectivity index (χ4v) is 10.5. The maximum absolute atomic E-state index is 15.4. The van der Waals surface area contributed by atoms with Crippen molar-refractivity contribution in [1.82, 2.24) is 39.4 Å². The molecule has 0 aliphatic carbocycles. The second-order valence-electron chi connectivity index (χ2n) is 18.8. The van der Waals surface area contributed by atoms with Gasteiger partial charge in [-0.3, -0.25) is 34.8 Å². The highest BCUT2D eigenvalue weighted by Crippen LogP contribution is 2.35. The second-order valence-corrected chi connectivity index (χ2v) is 18.8. The molecule has 2 atom stereocenters. The van der Waals surface area contributed by atoms with E-state index >= 15 is 8.78 Å². The third-order valence-corrected chi connectivity index (χ3v) is 13.9. The molecule has 2 N–H and O–H groups in total. The normalized spacial score (nSPS) is 20.5. The minimum atomic E-state index is -1.03. The molecule has 0 saturated carbocycles. The molecule has 66 heavy (non-hydrogen) atoms. The fourth-order valence-electron chi connectivity index (χ4n) is 10.5. The van der Waals surface area contributed by atoms with Gasteiger partial charge >= 0.3 is 0 Å². The number of likely N-dealkylation sites (tertiary alicyclic amines) is 1. The van der Waals surface area contributed by atoms with Gasteiger partial charge in [0, 0.05) is 92.4 Å². The summed E-state index contributed by atoms with van der Waals surface area (Å²) in [5.41, 5.74) is 4.60. The molecule has 0 unspecified atom stereocenters. The van der Waals surface area contributed by atoms with E-state index in [0.717, 1.165) is 62.7 Å². The van der Waals surface area contributed by atoms with Gasteiger partial charge in [-0.05, 0) is 114 Å². The first kappa shape index (κ1) is 44.9. The van der Waals surface area contributed by atoms with Gasteiger partial charge in [0.2, 0.25) is 23.6 Å². The molecule has 0 spiro atoms. The quantitative estimate of drug-likeness (QED) is 0.170. The van der Waals surface area contributed by atoms with E-state index in [9.17, 15) is 19.2 Å². The Hall–Kier alpha value is -6.23. The number of halogens is 2. The number of benzene rings is 2. The Morgan fingerprint density at radius 3 is 2.36 bits per heavy atom. The van der Waals surface area contributed by atoms with Gasteiger partial charge in [0.15, 0.2) is 0 Å². The maximum Gasteiger partial charge on any atom is 0.258 e. The Morgan fingerprint density at radius 1 is 0.909 bits per heavy atom. The lowest BCUT2D eigenvalue weighted by Crippen LogP contribution is -2.53. The third kappa shape index (κ3) is 9.01. The second kappa shape index (κ2) is 18.6. The lowest BCUT2D eigenvalue weighted by atomic mass is 9.89. The van der Waals surface area contributed by atoms with Crippen molar-refractivity contribution in [3.8, 4) is 17.1 Å². The number of rotatable bonds is 6. The summed E-state index contributed by atoms with van der Waals surface area (Å²) in [6.45, 7) is 12.1. The maximum atomic E-state index is 15.4. The van der Waals surface area contributed by atoms with E-state index < -0.39 is 29.4 Å². The zero-order valence-electron chi connectivity index (χ0n) is 38.3. The molecule has 15 nitrogen and oxygen atoms in total. The number of amides is 4. The first-order valence-electron chi connectivity index (χ1n) is 23.3. The van der Waals surface area contributed by atoms with Gasteiger partial charge in [-0.2, -0.15) is 5.10 Å². The topological polar surface area (TPSA) is 160 Å². The first-order valence-corrected chi connectivity index (χ1v) is 23.3. The lowest BCUT2D eigenvalue weighted by Gasteiger charge is -2.45. The predicted molar refractivity (Wildman–Crippen MR) is 245 cm³/mol. The zero-order valence-corrected chi connectivity index (χ0v) is 38.3. The molecule has 4 amide bonds. The van der Waals surface area contributed by atoms with Crippen molar-refractivity contribution >= 4 is 46.3 Å². The van der Waals surface area contributed by atoms with Crippen LogP contribution >= 0.6 is 0 Å².